The van der Waals surface area contributed by atoms with Crippen LogP contribution in [-0.2, 0) is 9.47 Å². The standard InChI is InChI=1S/C9H20N2O2/c1-12-6-7-13-5-4-9(11-10)8-2-3-8/h8-9,11H,2-7,10H2,1H3. The van der Waals surface area contributed by atoms with Gasteiger partial charge in [0.2, 0.25) is 0 Å². The quantitative estimate of drug-likeness (QED) is 0.326. The van der Waals surface area contributed by atoms with Crippen LogP contribution in [-0.4, -0.2) is 33.0 Å². The molecule has 78 valence electrons. The molecule has 1 unspecified atom stereocenters. The Balaban J connectivity index is 1.90. The van der Waals surface area contributed by atoms with Crippen LogP contribution in [0, 0.1) is 5.92 Å². The molecule has 4 nitrogen and oxygen atoms in total. The lowest BCUT2D eigenvalue weighted by Crippen LogP contribution is -2.37. The number of methoxy groups -OCH3 is 1. The summed E-state index contributed by atoms with van der Waals surface area (Å²) < 4.78 is 10.2. The first-order chi connectivity index (χ1) is 6.38. The largest absolute Gasteiger partial charge is 0.382 e. The summed E-state index contributed by atoms with van der Waals surface area (Å²) in [7, 11) is 1.68. The number of hydrogen-bond donors (Lipinski definition) is 2. The lowest BCUT2D eigenvalue weighted by molar-refractivity contribution is 0.0648. The first-order valence-electron chi connectivity index (χ1n) is 4.91. The van der Waals surface area contributed by atoms with Gasteiger partial charge in [0.25, 0.3) is 0 Å². The third-order valence-electron chi connectivity index (χ3n) is 2.41. The van der Waals surface area contributed by atoms with E-state index in [0.29, 0.717) is 19.3 Å². The minimum Gasteiger partial charge on any atom is -0.382 e. The molecule has 1 aliphatic carbocycles. The summed E-state index contributed by atoms with van der Waals surface area (Å²) >= 11 is 0. The average Bonchev–Trinajstić information content (AvgIpc) is 2.95. The fourth-order valence-electron chi connectivity index (χ4n) is 1.41. The summed E-state index contributed by atoms with van der Waals surface area (Å²) in [6, 6.07) is 0.447. The second-order valence-electron chi connectivity index (χ2n) is 3.50. The molecule has 1 atom stereocenters. The van der Waals surface area contributed by atoms with Crippen molar-refractivity contribution in [3.63, 3.8) is 0 Å². The highest BCUT2D eigenvalue weighted by Crippen LogP contribution is 2.33. The third kappa shape index (κ3) is 4.57. The number of ether oxygens (including phenoxy) is 2. The van der Waals surface area contributed by atoms with Crippen molar-refractivity contribution in [1.82, 2.24) is 5.43 Å². The molecule has 0 aromatic carbocycles. The van der Waals surface area contributed by atoms with E-state index in [1.54, 1.807) is 7.11 Å². The lowest BCUT2D eigenvalue weighted by Gasteiger charge is -2.14. The van der Waals surface area contributed by atoms with Crippen LogP contribution in [0.25, 0.3) is 0 Å². The smallest absolute Gasteiger partial charge is 0.0700 e. The van der Waals surface area contributed by atoms with Crippen molar-refractivity contribution in [2.75, 3.05) is 26.9 Å². The number of nitrogens with two attached hydrogens (primary N) is 1. The van der Waals surface area contributed by atoms with Gasteiger partial charge in [-0.05, 0) is 25.2 Å². The van der Waals surface area contributed by atoms with E-state index in [0.717, 1.165) is 18.9 Å². The highest BCUT2D eigenvalue weighted by atomic mass is 16.5. The Morgan fingerprint density at radius 3 is 2.69 bits per heavy atom. The van der Waals surface area contributed by atoms with E-state index in [1.807, 2.05) is 0 Å². The van der Waals surface area contributed by atoms with Crippen LogP contribution in [0.3, 0.4) is 0 Å². The maximum absolute atomic E-state index is 5.42. The van der Waals surface area contributed by atoms with Gasteiger partial charge in [-0.25, -0.2) is 0 Å². The van der Waals surface area contributed by atoms with Crippen LogP contribution in [0.2, 0.25) is 0 Å². The van der Waals surface area contributed by atoms with Crippen molar-refractivity contribution in [3.05, 3.63) is 0 Å². The lowest BCUT2D eigenvalue weighted by atomic mass is 10.1. The highest BCUT2D eigenvalue weighted by molar-refractivity contribution is 4.84. The summed E-state index contributed by atoms with van der Waals surface area (Å²) in [5, 5.41) is 0. The minimum atomic E-state index is 0.447. The van der Waals surface area contributed by atoms with Crippen LogP contribution in [0.4, 0.5) is 0 Å². The molecule has 0 heterocycles. The van der Waals surface area contributed by atoms with Crippen LogP contribution in [0.1, 0.15) is 19.3 Å². The van der Waals surface area contributed by atoms with Crippen molar-refractivity contribution < 1.29 is 9.47 Å². The predicted octanol–water partition coefficient (Wildman–Crippen LogP) is 0.281. The molecule has 1 aliphatic rings. The van der Waals surface area contributed by atoms with E-state index < -0.39 is 0 Å². The third-order valence-corrected chi connectivity index (χ3v) is 2.41. The van der Waals surface area contributed by atoms with Gasteiger partial charge in [0, 0.05) is 19.8 Å². The SMILES string of the molecule is COCCOCCC(NN)C1CC1. The zero-order chi connectivity index (χ0) is 9.52. The molecule has 1 rings (SSSR count). The van der Waals surface area contributed by atoms with Gasteiger partial charge in [0.1, 0.15) is 0 Å². The Bertz CT molecular complexity index is 129. The Hall–Kier alpha value is -0.160. The van der Waals surface area contributed by atoms with Gasteiger partial charge in [0.15, 0.2) is 0 Å². The summed E-state index contributed by atoms with van der Waals surface area (Å²) in [6.07, 6.45) is 3.63. The number of hydrazine groups is 1. The molecule has 1 saturated carbocycles. The van der Waals surface area contributed by atoms with Crippen molar-refractivity contribution in [2.45, 2.75) is 25.3 Å². The zero-order valence-corrected chi connectivity index (χ0v) is 8.29. The molecule has 0 aliphatic heterocycles. The first-order valence-corrected chi connectivity index (χ1v) is 4.91. The molecule has 3 N–H and O–H groups in total. The van der Waals surface area contributed by atoms with Crippen LogP contribution in [0.15, 0.2) is 0 Å². The fourth-order valence-corrected chi connectivity index (χ4v) is 1.41. The molecule has 13 heavy (non-hydrogen) atoms. The molecule has 0 saturated heterocycles. The Labute approximate surface area is 79.7 Å². The topological polar surface area (TPSA) is 56.5 Å². The predicted molar refractivity (Wildman–Crippen MR) is 51.1 cm³/mol. The molecule has 0 amide bonds. The molecule has 1 fully saturated rings. The van der Waals surface area contributed by atoms with Gasteiger partial charge in [-0.15, -0.1) is 0 Å². The van der Waals surface area contributed by atoms with E-state index in [4.69, 9.17) is 15.3 Å². The molecule has 0 aromatic heterocycles. The second-order valence-corrected chi connectivity index (χ2v) is 3.50. The fraction of sp³-hybridized carbons (Fsp3) is 1.00. The van der Waals surface area contributed by atoms with Gasteiger partial charge in [0.05, 0.1) is 13.2 Å². The van der Waals surface area contributed by atoms with Gasteiger partial charge in [-0.1, -0.05) is 0 Å². The summed E-state index contributed by atoms with van der Waals surface area (Å²) in [4.78, 5) is 0. The molecular formula is C9H20N2O2. The number of rotatable bonds is 8. The highest BCUT2D eigenvalue weighted by Gasteiger charge is 2.29. The van der Waals surface area contributed by atoms with Gasteiger partial charge in [-0.2, -0.15) is 0 Å². The molecular weight excluding hydrogens is 168 g/mol. The number of hydrogen-bond acceptors (Lipinski definition) is 4. The maximum atomic E-state index is 5.42. The van der Waals surface area contributed by atoms with E-state index in [9.17, 15) is 0 Å². The van der Waals surface area contributed by atoms with Crippen molar-refractivity contribution >= 4 is 0 Å². The number of nitrogens with one attached hydrogen (secondary N) is 1. The van der Waals surface area contributed by atoms with Crippen molar-refractivity contribution in [3.8, 4) is 0 Å². The van der Waals surface area contributed by atoms with Gasteiger partial charge in [-0.3, -0.25) is 11.3 Å². The molecule has 0 aromatic rings. The molecule has 4 heteroatoms. The second kappa shape index (κ2) is 6.32. The first kappa shape index (κ1) is 10.9. The zero-order valence-electron chi connectivity index (χ0n) is 8.29. The van der Waals surface area contributed by atoms with E-state index >= 15 is 0 Å². The summed E-state index contributed by atoms with van der Waals surface area (Å²) in [5.41, 5.74) is 2.84. The Morgan fingerprint density at radius 1 is 1.38 bits per heavy atom. The Kier molecular flexibility index (Phi) is 5.31. The average molecular weight is 188 g/mol. The molecule has 0 bridgehead atoms. The monoisotopic (exact) mass is 188 g/mol. The minimum absolute atomic E-state index is 0.447. The normalized spacial score (nSPS) is 18.9. The van der Waals surface area contributed by atoms with Crippen molar-refractivity contribution in [1.29, 1.82) is 0 Å². The van der Waals surface area contributed by atoms with E-state index in [2.05, 4.69) is 5.43 Å². The molecule has 0 radical (unpaired) electrons. The van der Waals surface area contributed by atoms with Crippen LogP contribution >= 0.6 is 0 Å². The summed E-state index contributed by atoms with van der Waals surface area (Å²) in [5.74, 6) is 6.21. The Morgan fingerprint density at radius 2 is 2.15 bits per heavy atom. The van der Waals surface area contributed by atoms with Gasteiger partial charge < -0.3 is 9.47 Å². The van der Waals surface area contributed by atoms with Crippen LogP contribution in [0.5, 0.6) is 0 Å². The maximum Gasteiger partial charge on any atom is 0.0700 e. The van der Waals surface area contributed by atoms with Crippen LogP contribution < -0.4 is 11.3 Å². The van der Waals surface area contributed by atoms with Crippen molar-refractivity contribution in [2.24, 2.45) is 11.8 Å². The van der Waals surface area contributed by atoms with E-state index in [-0.39, 0.29) is 0 Å². The van der Waals surface area contributed by atoms with Gasteiger partial charge >= 0.3 is 0 Å². The molecule has 0 spiro atoms. The summed E-state index contributed by atoms with van der Waals surface area (Å²) in [6.45, 7) is 2.12. The van der Waals surface area contributed by atoms with E-state index in [1.165, 1.54) is 12.8 Å².